The second-order valence-electron chi connectivity index (χ2n) is 6.91. The average molecular weight is 378 g/mol. The van der Waals surface area contributed by atoms with Crippen molar-refractivity contribution in [2.24, 2.45) is 17.6 Å². The zero-order valence-corrected chi connectivity index (χ0v) is 14.7. The summed E-state index contributed by atoms with van der Waals surface area (Å²) in [7, 11) is 0. The molecule has 1 fully saturated rings. The largest absolute Gasteiger partial charge is 0.418 e. The fraction of sp³-hybridized carbons (Fsp3) is 0.389. The van der Waals surface area contributed by atoms with E-state index in [-0.39, 0.29) is 12.8 Å². The van der Waals surface area contributed by atoms with Crippen LogP contribution in [0.15, 0.2) is 30.5 Å². The first-order valence-electron chi connectivity index (χ1n) is 8.71. The Kier molecular flexibility index (Phi) is 4.26. The van der Waals surface area contributed by atoms with Gasteiger partial charge in [-0.05, 0) is 42.6 Å². The minimum Gasteiger partial charge on any atom is -0.356 e. The molecule has 3 N–H and O–H groups in total. The van der Waals surface area contributed by atoms with Gasteiger partial charge < -0.3 is 10.6 Å². The van der Waals surface area contributed by atoms with Crippen molar-refractivity contribution in [1.29, 1.82) is 0 Å². The number of aromatic nitrogens is 4. The Hall–Kier alpha value is -2.68. The number of H-pyrrole nitrogens is 1. The van der Waals surface area contributed by atoms with Gasteiger partial charge in [0, 0.05) is 26.1 Å². The van der Waals surface area contributed by atoms with Gasteiger partial charge in [-0.15, -0.1) is 0 Å². The van der Waals surface area contributed by atoms with Crippen LogP contribution in [0.1, 0.15) is 13.9 Å². The maximum Gasteiger partial charge on any atom is 0.418 e. The summed E-state index contributed by atoms with van der Waals surface area (Å²) < 4.78 is 40.8. The van der Waals surface area contributed by atoms with Gasteiger partial charge in [-0.2, -0.15) is 18.3 Å². The van der Waals surface area contributed by atoms with E-state index in [9.17, 15) is 13.2 Å². The van der Waals surface area contributed by atoms with Crippen LogP contribution < -0.4 is 10.6 Å². The third kappa shape index (κ3) is 3.12. The molecular formula is C18H21F3N6. The molecule has 0 aliphatic carbocycles. The smallest absolute Gasteiger partial charge is 0.356 e. The van der Waals surface area contributed by atoms with E-state index in [0.29, 0.717) is 48.3 Å². The molecule has 1 aliphatic rings. The molecule has 0 spiro atoms. The number of nitrogens with one attached hydrogen (secondary N) is 1. The lowest BCUT2D eigenvalue weighted by Gasteiger charge is -2.20. The lowest BCUT2D eigenvalue weighted by molar-refractivity contribution is -0.137. The van der Waals surface area contributed by atoms with E-state index in [1.54, 1.807) is 18.3 Å². The van der Waals surface area contributed by atoms with Crippen LogP contribution in [0, 0.1) is 11.8 Å². The monoisotopic (exact) mass is 378 g/mol. The Labute approximate surface area is 155 Å². The molecule has 9 heteroatoms. The van der Waals surface area contributed by atoms with Gasteiger partial charge >= 0.3 is 6.18 Å². The van der Waals surface area contributed by atoms with E-state index in [2.05, 4.69) is 27.1 Å². The predicted octanol–water partition coefficient (Wildman–Crippen LogP) is 3.32. The summed E-state index contributed by atoms with van der Waals surface area (Å²) in [6.07, 6.45) is -2.99. The van der Waals surface area contributed by atoms with Crippen LogP contribution in [0.5, 0.6) is 0 Å². The van der Waals surface area contributed by atoms with Crippen LogP contribution in [-0.4, -0.2) is 39.8 Å². The number of rotatable bonds is 3. The highest BCUT2D eigenvalue weighted by molar-refractivity contribution is 5.90. The van der Waals surface area contributed by atoms with E-state index in [1.165, 1.54) is 6.07 Å². The van der Waals surface area contributed by atoms with Crippen LogP contribution in [0.3, 0.4) is 0 Å². The van der Waals surface area contributed by atoms with Gasteiger partial charge in [-0.3, -0.25) is 5.10 Å². The number of aromatic amines is 1. The fourth-order valence-electron chi connectivity index (χ4n) is 3.60. The number of fused-ring (bicyclic) bond motifs is 1. The van der Waals surface area contributed by atoms with Crippen molar-refractivity contribution in [2.45, 2.75) is 13.1 Å². The number of halogens is 3. The summed E-state index contributed by atoms with van der Waals surface area (Å²) >= 11 is 0. The van der Waals surface area contributed by atoms with Crippen molar-refractivity contribution in [3.8, 4) is 11.4 Å². The highest BCUT2D eigenvalue weighted by atomic mass is 19.4. The second-order valence-corrected chi connectivity index (χ2v) is 6.91. The molecule has 3 aromatic rings. The van der Waals surface area contributed by atoms with Crippen molar-refractivity contribution < 1.29 is 14.6 Å². The van der Waals surface area contributed by atoms with Gasteiger partial charge in [0.2, 0.25) is 0 Å². The van der Waals surface area contributed by atoms with Gasteiger partial charge in [0.15, 0.2) is 5.65 Å². The first-order valence-corrected chi connectivity index (χ1v) is 8.71. The molecule has 27 heavy (non-hydrogen) atoms. The predicted molar refractivity (Wildman–Crippen MR) is 98.2 cm³/mol. The maximum absolute atomic E-state index is 13.6. The molecule has 0 saturated carbocycles. The minimum atomic E-state index is -4.53. The molecule has 3 aromatic heterocycles. The normalized spacial score (nSPS) is 20.6. The molecule has 2 atom stereocenters. The number of pyridine rings is 2. The van der Waals surface area contributed by atoms with Gasteiger partial charge in [0.25, 0.3) is 0 Å². The Morgan fingerprint density at radius 3 is 2.81 bits per heavy atom. The molecule has 0 amide bonds. The second kappa shape index (κ2) is 6.49. The molecule has 4 rings (SSSR count). The van der Waals surface area contributed by atoms with Crippen LogP contribution in [0.2, 0.25) is 0 Å². The third-order valence-electron chi connectivity index (χ3n) is 5.15. The Bertz CT molecular complexity index is 973. The van der Waals surface area contributed by atoms with E-state index >= 15 is 0 Å². The number of hydrogen-bond acceptors (Lipinski definition) is 5. The lowest BCUT2D eigenvalue weighted by atomic mass is 9.99. The Balaban J connectivity index is 0.00000225. The number of nitrogens with zero attached hydrogens (tertiary/aromatic N) is 4. The molecular weight excluding hydrogens is 357 g/mol. The SMILES string of the molecule is CC1CN(c2ccc(C(F)(F)F)c(-c3[nH]nc4ncccc34)n2)CC1CN.[HH]. The molecule has 4 heterocycles. The third-order valence-corrected chi connectivity index (χ3v) is 5.15. The van der Waals surface area contributed by atoms with Gasteiger partial charge in [-0.1, -0.05) is 6.92 Å². The van der Waals surface area contributed by atoms with Gasteiger partial charge in [-0.25, -0.2) is 9.97 Å². The summed E-state index contributed by atoms with van der Waals surface area (Å²) in [6, 6.07) is 5.85. The van der Waals surface area contributed by atoms with Gasteiger partial charge in [0.05, 0.1) is 11.3 Å². The first kappa shape index (κ1) is 17.7. The molecule has 144 valence electrons. The summed E-state index contributed by atoms with van der Waals surface area (Å²) in [5, 5.41) is 7.19. The quantitative estimate of drug-likeness (QED) is 0.731. The molecule has 2 unspecified atom stereocenters. The molecule has 6 nitrogen and oxygen atoms in total. The van der Waals surface area contributed by atoms with E-state index in [4.69, 9.17) is 5.73 Å². The maximum atomic E-state index is 13.6. The summed E-state index contributed by atoms with van der Waals surface area (Å²) in [4.78, 5) is 10.4. The van der Waals surface area contributed by atoms with E-state index < -0.39 is 11.7 Å². The van der Waals surface area contributed by atoms with Crippen molar-refractivity contribution >= 4 is 16.9 Å². The Morgan fingerprint density at radius 1 is 1.30 bits per heavy atom. The minimum absolute atomic E-state index is 0. The Morgan fingerprint density at radius 2 is 2.11 bits per heavy atom. The highest BCUT2D eigenvalue weighted by Crippen LogP contribution is 2.39. The number of alkyl halides is 3. The van der Waals surface area contributed by atoms with Crippen LogP contribution in [-0.2, 0) is 6.18 Å². The van der Waals surface area contributed by atoms with Crippen molar-refractivity contribution in [3.63, 3.8) is 0 Å². The van der Waals surface area contributed by atoms with Crippen molar-refractivity contribution in [2.75, 3.05) is 24.5 Å². The van der Waals surface area contributed by atoms with Crippen LogP contribution in [0.4, 0.5) is 19.0 Å². The molecule has 1 saturated heterocycles. The van der Waals surface area contributed by atoms with E-state index in [0.717, 1.165) is 6.07 Å². The first-order chi connectivity index (χ1) is 12.9. The van der Waals surface area contributed by atoms with Crippen LogP contribution in [0.25, 0.3) is 22.4 Å². The van der Waals surface area contributed by atoms with Crippen LogP contribution >= 0.6 is 0 Å². The molecule has 0 radical (unpaired) electrons. The fourth-order valence-corrected chi connectivity index (χ4v) is 3.60. The zero-order chi connectivity index (χ0) is 19.2. The lowest BCUT2D eigenvalue weighted by Crippen LogP contribution is -2.24. The molecule has 0 aromatic carbocycles. The molecule has 0 bridgehead atoms. The topological polar surface area (TPSA) is 83.7 Å². The van der Waals surface area contributed by atoms with Crippen molar-refractivity contribution in [1.82, 2.24) is 20.2 Å². The summed E-state index contributed by atoms with van der Waals surface area (Å²) in [6.45, 7) is 4.03. The number of nitrogens with two attached hydrogens (primary N) is 1. The number of anilines is 1. The standard InChI is InChI=1S/C18H19F3N6.H2/c1-10-8-27(9-11(10)7-22)14-5-4-13(18(19,20)21)16(24-14)15-12-3-2-6-23-17(12)26-25-15;/h2-6,10-11H,7-9,22H2,1H3,(H,23,25,26);1H. The van der Waals surface area contributed by atoms with E-state index in [1.807, 2.05) is 4.90 Å². The zero-order valence-electron chi connectivity index (χ0n) is 14.7. The highest BCUT2D eigenvalue weighted by Gasteiger charge is 2.37. The average Bonchev–Trinajstić information content (AvgIpc) is 3.23. The molecule has 1 aliphatic heterocycles. The summed E-state index contributed by atoms with van der Waals surface area (Å²) in [5.41, 5.74) is 5.40. The number of hydrogen-bond donors (Lipinski definition) is 2. The van der Waals surface area contributed by atoms with Crippen molar-refractivity contribution in [3.05, 3.63) is 36.0 Å². The summed E-state index contributed by atoms with van der Waals surface area (Å²) in [5.74, 6) is 1.17. The van der Waals surface area contributed by atoms with Gasteiger partial charge in [0.1, 0.15) is 11.5 Å².